The summed E-state index contributed by atoms with van der Waals surface area (Å²) in [5.74, 6) is 3.80. The van der Waals surface area contributed by atoms with E-state index >= 15 is 0 Å². The number of pyridine rings is 1. The van der Waals surface area contributed by atoms with Gasteiger partial charge < -0.3 is 9.64 Å². The van der Waals surface area contributed by atoms with E-state index in [-0.39, 0.29) is 0 Å². The molecule has 3 aromatic rings. The van der Waals surface area contributed by atoms with Crippen LogP contribution in [0.25, 0.3) is 11.0 Å². The average molecular weight is 324 g/mol. The van der Waals surface area contributed by atoms with E-state index in [1.165, 1.54) is 0 Å². The van der Waals surface area contributed by atoms with Crippen molar-refractivity contribution in [3.8, 4) is 11.8 Å². The Morgan fingerprint density at radius 3 is 2.61 bits per heavy atom. The predicted octanol–water partition coefficient (Wildman–Crippen LogP) is 3.37. The average Bonchev–Trinajstić information content (AvgIpc) is 2.63. The Hall–Kier alpha value is -2.34. The van der Waals surface area contributed by atoms with E-state index in [1.54, 1.807) is 6.20 Å². The standard InChI is InChI=1S/C17H16N4OS/c1-2-5-13(6-3-1)22-17-19-14-7-4-8-18-15(14)16(20-17)21-9-11-23-12-10-21/h1-8H,9-12H2. The number of ether oxygens (including phenoxy) is 1. The maximum atomic E-state index is 5.84. The minimum atomic E-state index is 0.366. The van der Waals surface area contributed by atoms with Crippen LogP contribution in [-0.4, -0.2) is 39.5 Å². The van der Waals surface area contributed by atoms with Gasteiger partial charge in [0.1, 0.15) is 11.3 Å². The molecule has 0 saturated carbocycles. The monoisotopic (exact) mass is 324 g/mol. The minimum absolute atomic E-state index is 0.366. The molecule has 0 radical (unpaired) electrons. The Morgan fingerprint density at radius 1 is 0.957 bits per heavy atom. The number of aromatic nitrogens is 3. The largest absolute Gasteiger partial charge is 0.424 e. The van der Waals surface area contributed by atoms with Gasteiger partial charge in [-0.3, -0.25) is 4.98 Å². The van der Waals surface area contributed by atoms with Gasteiger partial charge in [-0.05, 0) is 24.3 Å². The van der Waals surface area contributed by atoms with Gasteiger partial charge in [0.2, 0.25) is 0 Å². The lowest BCUT2D eigenvalue weighted by Gasteiger charge is -2.28. The molecule has 6 heteroatoms. The van der Waals surface area contributed by atoms with Crippen LogP contribution in [0.2, 0.25) is 0 Å². The highest BCUT2D eigenvalue weighted by Crippen LogP contribution is 2.28. The molecular weight excluding hydrogens is 308 g/mol. The lowest BCUT2D eigenvalue weighted by molar-refractivity contribution is 0.444. The van der Waals surface area contributed by atoms with Gasteiger partial charge in [-0.2, -0.15) is 21.7 Å². The number of anilines is 1. The predicted molar refractivity (Wildman–Crippen MR) is 93.4 cm³/mol. The first-order valence-corrected chi connectivity index (χ1v) is 8.74. The normalized spacial score (nSPS) is 14.9. The van der Waals surface area contributed by atoms with E-state index in [2.05, 4.69) is 19.9 Å². The second-order valence-electron chi connectivity index (χ2n) is 5.22. The van der Waals surface area contributed by atoms with Gasteiger partial charge in [0, 0.05) is 30.8 Å². The van der Waals surface area contributed by atoms with Gasteiger partial charge in [0.15, 0.2) is 5.82 Å². The summed E-state index contributed by atoms with van der Waals surface area (Å²) >= 11 is 1.97. The molecule has 5 nitrogen and oxygen atoms in total. The number of rotatable bonds is 3. The lowest BCUT2D eigenvalue weighted by atomic mass is 10.3. The zero-order valence-corrected chi connectivity index (χ0v) is 13.4. The number of hydrogen-bond donors (Lipinski definition) is 0. The van der Waals surface area contributed by atoms with Crippen LogP contribution in [0.5, 0.6) is 11.8 Å². The third-order valence-corrected chi connectivity index (χ3v) is 4.62. The fourth-order valence-corrected chi connectivity index (χ4v) is 3.47. The molecule has 0 unspecified atom stereocenters. The van der Waals surface area contributed by atoms with Gasteiger partial charge in [0.25, 0.3) is 0 Å². The van der Waals surface area contributed by atoms with E-state index in [9.17, 15) is 0 Å². The molecule has 3 heterocycles. The van der Waals surface area contributed by atoms with E-state index in [4.69, 9.17) is 4.74 Å². The molecule has 1 aliphatic rings. The summed E-state index contributed by atoms with van der Waals surface area (Å²) in [5, 5.41) is 0. The molecule has 1 saturated heterocycles. The van der Waals surface area contributed by atoms with Crippen molar-refractivity contribution >= 4 is 28.6 Å². The number of para-hydroxylation sites is 1. The summed E-state index contributed by atoms with van der Waals surface area (Å²) in [6.45, 7) is 1.94. The summed E-state index contributed by atoms with van der Waals surface area (Å²) in [7, 11) is 0. The molecule has 0 aliphatic carbocycles. The fraction of sp³-hybridized carbons (Fsp3) is 0.235. The van der Waals surface area contributed by atoms with Crippen LogP contribution in [0.4, 0.5) is 5.82 Å². The van der Waals surface area contributed by atoms with Crippen LogP contribution in [0.1, 0.15) is 0 Å². The summed E-state index contributed by atoms with van der Waals surface area (Å²) in [5.41, 5.74) is 1.64. The first kappa shape index (κ1) is 14.3. The Bertz CT molecular complexity index is 806. The van der Waals surface area contributed by atoms with Crippen LogP contribution in [-0.2, 0) is 0 Å². The van der Waals surface area contributed by atoms with Crippen molar-refractivity contribution in [2.24, 2.45) is 0 Å². The molecule has 1 fully saturated rings. The van der Waals surface area contributed by atoms with Crippen molar-refractivity contribution in [1.82, 2.24) is 15.0 Å². The zero-order chi connectivity index (χ0) is 15.5. The highest BCUT2D eigenvalue weighted by molar-refractivity contribution is 7.99. The van der Waals surface area contributed by atoms with Crippen LogP contribution in [0.15, 0.2) is 48.7 Å². The number of fused-ring (bicyclic) bond motifs is 1. The summed E-state index contributed by atoms with van der Waals surface area (Å²) < 4.78 is 5.84. The molecule has 0 amide bonds. The van der Waals surface area contributed by atoms with E-state index in [0.29, 0.717) is 6.01 Å². The minimum Gasteiger partial charge on any atom is -0.424 e. The second-order valence-corrected chi connectivity index (χ2v) is 6.44. The molecule has 4 rings (SSSR count). The van der Waals surface area contributed by atoms with Gasteiger partial charge in [-0.15, -0.1) is 0 Å². The molecule has 116 valence electrons. The van der Waals surface area contributed by atoms with E-state index in [0.717, 1.165) is 47.2 Å². The Kier molecular flexibility index (Phi) is 3.98. The van der Waals surface area contributed by atoms with Crippen molar-refractivity contribution in [1.29, 1.82) is 0 Å². The van der Waals surface area contributed by atoms with E-state index in [1.807, 2.05) is 54.2 Å². The molecule has 1 aliphatic heterocycles. The van der Waals surface area contributed by atoms with Crippen molar-refractivity contribution < 1.29 is 4.74 Å². The lowest BCUT2D eigenvalue weighted by Crippen LogP contribution is -2.33. The van der Waals surface area contributed by atoms with Gasteiger partial charge >= 0.3 is 6.01 Å². The van der Waals surface area contributed by atoms with E-state index < -0.39 is 0 Å². The molecule has 2 aromatic heterocycles. The van der Waals surface area contributed by atoms with Crippen molar-refractivity contribution in [3.63, 3.8) is 0 Å². The smallest absolute Gasteiger partial charge is 0.324 e. The number of hydrogen-bond acceptors (Lipinski definition) is 6. The van der Waals surface area contributed by atoms with Crippen molar-refractivity contribution in [3.05, 3.63) is 48.7 Å². The molecule has 0 spiro atoms. The number of nitrogens with zero attached hydrogens (tertiary/aromatic N) is 4. The quantitative estimate of drug-likeness (QED) is 0.736. The topological polar surface area (TPSA) is 51.1 Å². The van der Waals surface area contributed by atoms with Crippen molar-refractivity contribution in [2.45, 2.75) is 0 Å². The highest BCUT2D eigenvalue weighted by Gasteiger charge is 2.18. The van der Waals surface area contributed by atoms with Crippen molar-refractivity contribution in [2.75, 3.05) is 29.5 Å². The first-order valence-electron chi connectivity index (χ1n) is 7.58. The summed E-state index contributed by atoms with van der Waals surface area (Å²) in [4.78, 5) is 15.9. The molecule has 23 heavy (non-hydrogen) atoms. The molecule has 1 aromatic carbocycles. The number of benzene rings is 1. The highest BCUT2D eigenvalue weighted by atomic mass is 32.2. The first-order chi connectivity index (χ1) is 11.4. The number of thioether (sulfide) groups is 1. The molecule has 0 N–H and O–H groups in total. The van der Waals surface area contributed by atoms with Crippen LogP contribution < -0.4 is 9.64 Å². The third kappa shape index (κ3) is 3.07. The Balaban J connectivity index is 1.76. The zero-order valence-electron chi connectivity index (χ0n) is 12.6. The SMILES string of the molecule is c1ccc(Oc2nc(N3CCSCC3)c3ncccc3n2)cc1. The van der Waals surface area contributed by atoms with Crippen LogP contribution in [0, 0.1) is 0 Å². The third-order valence-electron chi connectivity index (χ3n) is 3.68. The Labute approximate surface area is 138 Å². The Morgan fingerprint density at radius 2 is 1.78 bits per heavy atom. The van der Waals surface area contributed by atoms with Crippen LogP contribution in [0.3, 0.4) is 0 Å². The molecule has 0 bridgehead atoms. The van der Waals surface area contributed by atoms with Gasteiger partial charge in [-0.1, -0.05) is 18.2 Å². The molecular formula is C17H16N4OS. The summed E-state index contributed by atoms with van der Waals surface area (Å²) in [6, 6.07) is 13.8. The summed E-state index contributed by atoms with van der Waals surface area (Å²) in [6.07, 6.45) is 1.78. The fourth-order valence-electron chi connectivity index (χ4n) is 2.57. The molecule has 0 atom stereocenters. The maximum absolute atomic E-state index is 5.84. The maximum Gasteiger partial charge on any atom is 0.324 e. The van der Waals surface area contributed by atoms with Gasteiger partial charge in [-0.25, -0.2) is 0 Å². The van der Waals surface area contributed by atoms with Gasteiger partial charge in [0.05, 0.1) is 5.52 Å². The second kappa shape index (κ2) is 6.42. The van der Waals surface area contributed by atoms with Crippen LogP contribution >= 0.6 is 11.8 Å².